The summed E-state index contributed by atoms with van der Waals surface area (Å²) in [6.07, 6.45) is 1.04. The van der Waals surface area contributed by atoms with Crippen LogP contribution in [-0.4, -0.2) is 31.0 Å². The highest BCUT2D eigenvalue weighted by atomic mass is 127. The van der Waals surface area contributed by atoms with Gasteiger partial charge in [0, 0.05) is 18.3 Å². The van der Waals surface area contributed by atoms with E-state index in [2.05, 4.69) is 27.6 Å². The Hall–Kier alpha value is -1.19. The van der Waals surface area contributed by atoms with Crippen molar-refractivity contribution < 1.29 is 14.5 Å². The summed E-state index contributed by atoms with van der Waals surface area (Å²) < 4.78 is 7.29. The van der Waals surface area contributed by atoms with Crippen molar-refractivity contribution in [3.63, 3.8) is 0 Å². The van der Waals surface area contributed by atoms with Crippen molar-refractivity contribution in [2.24, 2.45) is 0 Å². The van der Waals surface area contributed by atoms with Crippen molar-refractivity contribution in [3.8, 4) is 0 Å². The number of ether oxygens (including phenoxy) is 1. The van der Waals surface area contributed by atoms with Gasteiger partial charge in [-0.2, -0.15) is 0 Å². The van der Waals surface area contributed by atoms with E-state index in [1.807, 2.05) is 0 Å². The fourth-order valence-electron chi connectivity index (χ4n) is 1.34. The van der Waals surface area contributed by atoms with Crippen LogP contribution < -0.4 is 0 Å². The molecule has 17 heavy (non-hydrogen) atoms. The Morgan fingerprint density at radius 2 is 2.41 bits per heavy atom. The van der Waals surface area contributed by atoms with Gasteiger partial charge < -0.3 is 19.4 Å². The van der Waals surface area contributed by atoms with E-state index in [1.54, 1.807) is 11.5 Å². The Morgan fingerprint density at radius 1 is 1.76 bits per heavy atom. The molecular formula is C9H12IN3O4. The van der Waals surface area contributed by atoms with Gasteiger partial charge in [-0.25, -0.2) is 0 Å². The normalized spacial score (nSPS) is 12.2. The molecule has 1 heterocycles. The zero-order valence-electron chi connectivity index (χ0n) is 9.42. The fourth-order valence-corrected chi connectivity index (χ4v) is 1.79. The zero-order chi connectivity index (χ0) is 13.0. The van der Waals surface area contributed by atoms with Gasteiger partial charge in [-0.15, -0.1) is 0 Å². The van der Waals surface area contributed by atoms with Crippen LogP contribution in [0, 0.1) is 17.0 Å². The van der Waals surface area contributed by atoms with Crippen molar-refractivity contribution in [1.29, 1.82) is 0 Å². The van der Waals surface area contributed by atoms with Gasteiger partial charge in [-0.3, -0.25) is 4.79 Å². The standard InChI is InChI=1S/C9H12IN3O4/c1-6-11-9(13(15)16)5-12(6)4-8(3-10)17-7(2)14/h5,8H,3-4H2,1-2H3. The molecule has 0 saturated carbocycles. The van der Waals surface area contributed by atoms with Crippen LogP contribution in [0.1, 0.15) is 12.7 Å². The first-order valence-electron chi connectivity index (χ1n) is 4.85. The van der Waals surface area contributed by atoms with E-state index in [9.17, 15) is 14.9 Å². The quantitative estimate of drug-likeness (QED) is 0.263. The summed E-state index contributed by atoms with van der Waals surface area (Å²) in [5.74, 6) is -0.0323. The van der Waals surface area contributed by atoms with Gasteiger partial charge in [-0.1, -0.05) is 22.6 Å². The van der Waals surface area contributed by atoms with E-state index in [1.165, 1.54) is 13.1 Å². The molecule has 1 aromatic rings. The molecule has 1 aromatic heterocycles. The maximum atomic E-state index is 10.8. The first-order valence-corrected chi connectivity index (χ1v) is 6.38. The molecule has 0 amide bonds. The van der Waals surface area contributed by atoms with Crippen LogP contribution in [0.5, 0.6) is 0 Å². The van der Waals surface area contributed by atoms with Crippen LogP contribution in [0.4, 0.5) is 5.82 Å². The molecule has 0 aromatic carbocycles. The first-order chi connectivity index (χ1) is 7.93. The lowest BCUT2D eigenvalue weighted by atomic mass is 10.4. The molecule has 0 bridgehead atoms. The molecular weight excluding hydrogens is 341 g/mol. The Kier molecular flexibility index (Phi) is 4.85. The topological polar surface area (TPSA) is 87.3 Å². The molecule has 0 fully saturated rings. The lowest BCUT2D eigenvalue weighted by Crippen LogP contribution is -2.24. The maximum absolute atomic E-state index is 10.8. The van der Waals surface area contributed by atoms with Crippen molar-refractivity contribution in [2.45, 2.75) is 26.5 Å². The molecule has 1 unspecified atom stereocenters. The number of halogens is 1. The van der Waals surface area contributed by atoms with Crippen LogP contribution in [0.2, 0.25) is 0 Å². The number of nitrogens with zero attached hydrogens (tertiary/aromatic N) is 3. The number of esters is 1. The van der Waals surface area contributed by atoms with Crippen LogP contribution in [0.3, 0.4) is 0 Å². The van der Waals surface area contributed by atoms with Gasteiger partial charge in [0.2, 0.25) is 5.82 Å². The van der Waals surface area contributed by atoms with Crippen molar-refractivity contribution in [2.75, 3.05) is 4.43 Å². The predicted octanol–water partition coefficient (Wildman–Crippen LogP) is 1.47. The summed E-state index contributed by atoms with van der Waals surface area (Å²) >= 11 is 2.10. The number of aromatic nitrogens is 2. The van der Waals surface area contributed by atoms with Crippen LogP contribution in [0.15, 0.2) is 6.20 Å². The minimum atomic E-state index is -0.547. The SMILES string of the molecule is CC(=O)OC(CI)Cn1cc([N+](=O)[O-])nc1C. The van der Waals surface area contributed by atoms with Gasteiger partial charge in [-0.05, 0) is 9.91 Å². The molecule has 8 heteroatoms. The number of carbonyl (C=O) groups excluding carboxylic acids is 1. The minimum Gasteiger partial charge on any atom is -0.460 e. The third-order valence-corrected chi connectivity index (χ3v) is 3.04. The van der Waals surface area contributed by atoms with Crippen LogP contribution in [0.25, 0.3) is 0 Å². The van der Waals surface area contributed by atoms with Gasteiger partial charge >= 0.3 is 11.8 Å². The number of alkyl halides is 1. The number of rotatable bonds is 5. The second-order valence-corrected chi connectivity index (χ2v) is 4.32. The predicted molar refractivity (Wildman–Crippen MR) is 68.1 cm³/mol. The van der Waals surface area contributed by atoms with E-state index in [-0.39, 0.29) is 17.9 Å². The molecule has 0 radical (unpaired) electrons. The average molecular weight is 353 g/mol. The highest BCUT2D eigenvalue weighted by Crippen LogP contribution is 2.12. The molecule has 0 spiro atoms. The van der Waals surface area contributed by atoms with Crippen molar-refractivity contribution in [1.82, 2.24) is 9.55 Å². The average Bonchev–Trinajstić information content (AvgIpc) is 2.59. The minimum absolute atomic E-state index is 0.197. The van der Waals surface area contributed by atoms with Gasteiger partial charge in [0.1, 0.15) is 12.3 Å². The lowest BCUT2D eigenvalue weighted by Gasteiger charge is -2.14. The second-order valence-electron chi connectivity index (χ2n) is 3.44. The van der Waals surface area contributed by atoms with Gasteiger partial charge in [0.15, 0.2) is 0 Å². The molecule has 0 aliphatic rings. The number of aryl methyl sites for hydroxylation is 1. The van der Waals surface area contributed by atoms with Crippen molar-refractivity contribution >= 4 is 34.4 Å². The molecule has 0 aliphatic heterocycles. The lowest BCUT2D eigenvalue weighted by molar-refractivity contribution is -0.389. The summed E-state index contributed by atoms with van der Waals surface area (Å²) in [6, 6.07) is 0. The number of nitro groups is 1. The summed E-state index contributed by atoms with van der Waals surface area (Å²) in [6.45, 7) is 3.38. The fraction of sp³-hybridized carbons (Fsp3) is 0.556. The summed E-state index contributed by atoms with van der Waals surface area (Å²) in [5, 5.41) is 10.5. The molecule has 0 aliphatic carbocycles. The summed E-state index contributed by atoms with van der Waals surface area (Å²) in [4.78, 5) is 24.6. The highest BCUT2D eigenvalue weighted by molar-refractivity contribution is 14.1. The smallest absolute Gasteiger partial charge is 0.381 e. The van der Waals surface area contributed by atoms with E-state index in [0.29, 0.717) is 16.8 Å². The number of imidazole rings is 1. The molecule has 1 rings (SSSR count). The molecule has 0 N–H and O–H groups in total. The zero-order valence-corrected chi connectivity index (χ0v) is 11.6. The van der Waals surface area contributed by atoms with E-state index in [0.717, 1.165) is 0 Å². The largest absolute Gasteiger partial charge is 0.460 e. The van der Waals surface area contributed by atoms with Gasteiger partial charge in [0.05, 0.1) is 6.54 Å². The number of hydrogen-bond donors (Lipinski definition) is 0. The summed E-state index contributed by atoms with van der Waals surface area (Å²) in [5.41, 5.74) is 0. The summed E-state index contributed by atoms with van der Waals surface area (Å²) in [7, 11) is 0. The number of hydrogen-bond acceptors (Lipinski definition) is 5. The second kappa shape index (κ2) is 5.94. The Morgan fingerprint density at radius 3 is 2.82 bits per heavy atom. The third kappa shape index (κ3) is 3.95. The first kappa shape index (κ1) is 13.9. The van der Waals surface area contributed by atoms with E-state index in [4.69, 9.17) is 4.74 Å². The molecule has 7 nitrogen and oxygen atoms in total. The third-order valence-electron chi connectivity index (χ3n) is 2.06. The van der Waals surface area contributed by atoms with Crippen molar-refractivity contribution in [3.05, 3.63) is 22.1 Å². The van der Waals surface area contributed by atoms with E-state index < -0.39 is 4.92 Å². The van der Waals surface area contributed by atoms with E-state index >= 15 is 0 Å². The van der Waals surface area contributed by atoms with Gasteiger partial charge in [0.25, 0.3) is 0 Å². The Labute approximate surface area is 111 Å². The number of carbonyl (C=O) groups is 1. The molecule has 0 saturated heterocycles. The molecule has 94 valence electrons. The molecule has 1 atom stereocenters. The van der Waals surface area contributed by atoms with Crippen LogP contribution >= 0.6 is 22.6 Å². The monoisotopic (exact) mass is 353 g/mol. The Bertz CT molecular complexity index is 432. The van der Waals surface area contributed by atoms with Crippen LogP contribution in [-0.2, 0) is 16.1 Å². The Balaban J connectivity index is 2.79. The maximum Gasteiger partial charge on any atom is 0.381 e. The highest BCUT2D eigenvalue weighted by Gasteiger charge is 2.19.